The summed E-state index contributed by atoms with van der Waals surface area (Å²) in [5, 5.41) is 14.9. The fourth-order valence-electron chi connectivity index (χ4n) is 1.10. The van der Waals surface area contributed by atoms with Gasteiger partial charge in [-0.2, -0.15) is 0 Å². The highest BCUT2D eigenvalue weighted by Crippen LogP contribution is 2.28. The van der Waals surface area contributed by atoms with Crippen molar-refractivity contribution in [2.45, 2.75) is 0 Å². The van der Waals surface area contributed by atoms with E-state index in [0.29, 0.717) is 11.4 Å². The molecule has 7 nitrogen and oxygen atoms in total. The summed E-state index contributed by atoms with van der Waals surface area (Å²) in [6.07, 6.45) is 0. The van der Waals surface area contributed by atoms with Crippen LogP contribution in [0.4, 0.5) is 11.4 Å². The van der Waals surface area contributed by atoms with Crippen LogP contribution in [0.25, 0.3) is 0 Å². The maximum Gasteiger partial charge on any atom is 0.273 e. The zero-order valence-corrected chi connectivity index (χ0v) is 10.2. The molecule has 0 saturated heterocycles. The Labute approximate surface area is 103 Å². The lowest BCUT2D eigenvalue weighted by Gasteiger charge is -2.16. The van der Waals surface area contributed by atoms with Gasteiger partial charge in [-0.1, -0.05) is 0 Å². The normalized spacial score (nSPS) is 9.59. The number of nitrogens with two attached hydrogens (primary N) is 1. The molecule has 17 heavy (non-hydrogen) atoms. The van der Waals surface area contributed by atoms with E-state index in [1.54, 1.807) is 7.05 Å². The number of hydrazine groups is 1. The number of thiocarbonyl (C=S) groups is 1. The molecule has 1 aromatic carbocycles. The molecular formula is C9H12N4O3S. The molecule has 3 N–H and O–H groups in total. The van der Waals surface area contributed by atoms with Crippen LogP contribution in [0.2, 0.25) is 0 Å². The molecule has 0 aliphatic carbocycles. The third-order valence-electron chi connectivity index (χ3n) is 1.96. The van der Waals surface area contributed by atoms with Gasteiger partial charge in [-0.05, 0) is 18.3 Å². The van der Waals surface area contributed by atoms with E-state index >= 15 is 0 Å². The molecule has 92 valence electrons. The zero-order chi connectivity index (χ0) is 13.0. The highest BCUT2D eigenvalue weighted by atomic mass is 32.1. The summed E-state index contributed by atoms with van der Waals surface area (Å²) in [6.45, 7) is 0. The van der Waals surface area contributed by atoms with E-state index < -0.39 is 4.92 Å². The average molecular weight is 256 g/mol. The van der Waals surface area contributed by atoms with Gasteiger partial charge in [0.15, 0.2) is 5.11 Å². The molecule has 0 radical (unpaired) electrons. The Morgan fingerprint density at radius 2 is 2.29 bits per heavy atom. The summed E-state index contributed by atoms with van der Waals surface area (Å²) in [5.74, 6) is 5.76. The first kappa shape index (κ1) is 13.1. The minimum atomic E-state index is -0.500. The summed E-state index contributed by atoms with van der Waals surface area (Å²) < 4.78 is 5.03. The maximum absolute atomic E-state index is 10.6. The highest BCUT2D eigenvalue weighted by molar-refractivity contribution is 7.80. The van der Waals surface area contributed by atoms with Crippen LogP contribution in [0.5, 0.6) is 5.75 Å². The minimum absolute atomic E-state index is 0.0561. The second kappa shape index (κ2) is 5.41. The topological polar surface area (TPSA) is 93.7 Å². The van der Waals surface area contributed by atoms with Gasteiger partial charge in [-0.15, -0.1) is 0 Å². The molecular weight excluding hydrogens is 244 g/mol. The van der Waals surface area contributed by atoms with Gasteiger partial charge in [-0.3, -0.25) is 15.1 Å². The van der Waals surface area contributed by atoms with Gasteiger partial charge in [-0.25, -0.2) is 5.84 Å². The summed E-state index contributed by atoms with van der Waals surface area (Å²) in [7, 11) is 2.99. The number of rotatable bonds is 3. The second-order valence-electron chi connectivity index (χ2n) is 3.18. The Morgan fingerprint density at radius 1 is 1.65 bits per heavy atom. The van der Waals surface area contributed by atoms with Crippen LogP contribution in [0.1, 0.15) is 0 Å². The summed E-state index contributed by atoms with van der Waals surface area (Å²) in [4.78, 5) is 10.1. The smallest absolute Gasteiger partial charge is 0.273 e. The number of benzene rings is 1. The monoisotopic (exact) mass is 256 g/mol. The Morgan fingerprint density at radius 3 is 2.76 bits per heavy atom. The van der Waals surface area contributed by atoms with Crippen molar-refractivity contribution in [1.29, 1.82) is 0 Å². The maximum atomic E-state index is 10.6. The van der Waals surface area contributed by atoms with Crippen LogP contribution in [0.15, 0.2) is 18.2 Å². The van der Waals surface area contributed by atoms with Crippen LogP contribution in [-0.4, -0.2) is 29.2 Å². The number of anilines is 1. The first-order chi connectivity index (χ1) is 7.95. The van der Waals surface area contributed by atoms with Gasteiger partial charge < -0.3 is 10.1 Å². The molecule has 0 aromatic heterocycles. The Balaban J connectivity index is 3.01. The predicted octanol–water partition coefficient (Wildman–Crippen LogP) is 1.11. The van der Waals surface area contributed by atoms with Crippen LogP contribution in [0, 0.1) is 10.1 Å². The molecule has 0 saturated carbocycles. The third kappa shape index (κ3) is 3.26. The van der Waals surface area contributed by atoms with Crippen molar-refractivity contribution < 1.29 is 9.66 Å². The van der Waals surface area contributed by atoms with Gasteiger partial charge >= 0.3 is 0 Å². The minimum Gasteiger partial charge on any atom is -0.494 e. The Kier molecular flexibility index (Phi) is 4.18. The number of hydrogen-bond acceptors (Lipinski definition) is 5. The number of nitrogens with zero attached hydrogens (tertiary/aromatic N) is 2. The third-order valence-corrected chi connectivity index (χ3v) is 2.35. The lowest BCUT2D eigenvalue weighted by molar-refractivity contribution is -0.384. The Bertz CT molecular complexity index is 450. The van der Waals surface area contributed by atoms with Crippen molar-refractivity contribution in [1.82, 2.24) is 5.01 Å². The number of nitro benzene ring substituents is 1. The molecule has 1 aromatic rings. The fourth-order valence-corrected chi connectivity index (χ4v) is 1.21. The SMILES string of the molecule is COc1cc([N+](=O)[O-])ccc1NC(=S)N(C)N. The van der Waals surface area contributed by atoms with Crippen molar-refractivity contribution in [3.05, 3.63) is 28.3 Å². The molecule has 0 heterocycles. The Hall–Kier alpha value is -1.93. The molecule has 0 atom stereocenters. The molecule has 0 aliphatic rings. The number of nitro groups is 1. The van der Waals surface area contributed by atoms with Crippen molar-refractivity contribution >= 4 is 28.7 Å². The quantitative estimate of drug-likeness (QED) is 0.362. The number of ether oxygens (including phenoxy) is 1. The van der Waals surface area contributed by atoms with Crippen LogP contribution in [0.3, 0.4) is 0 Å². The van der Waals surface area contributed by atoms with E-state index in [-0.39, 0.29) is 10.8 Å². The van der Waals surface area contributed by atoms with Gasteiger partial charge in [0.25, 0.3) is 5.69 Å². The summed E-state index contributed by atoms with van der Waals surface area (Å²) in [6, 6.07) is 4.16. The van der Waals surface area contributed by atoms with E-state index in [9.17, 15) is 10.1 Å². The first-order valence-electron chi connectivity index (χ1n) is 4.57. The van der Waals surface area contributed by atoms with Crippen molar-refractivity contribution in [3.8, 4) is 5.75 Å². The summed E-state index contributed by atoms with van der Waals surface area (Å²) in [5.41, 5.74) is 0.458. The van der Waals surface area contributed by atoms with E-state index in [4.69, 9.17) is 22.8 Å². The molecule has 1 rings (SSSR count). The molecule has 0 unspecified atom stereocenters. The molecule has 0 aliphatic heterocycles. The van der Waals surface area contributed by atoms with Crippen LogP contribution in [-0.2, 0) is 0 Å². The van der Waals surface area contributed by atoms with E-state index in [1.807, 2.05) is 0 Å². The average Bonchev–Trinajstić information content (AvgIpc) is 2.28. The predicted molar refractivity (Wildman–Crippen MR) is 67.8 cm³/mol. The lowest BCUT2D eigenvalue weighted by Crippen LogP contribution is -2.36. The second-order valence-corrected chi connectivity index (χ2v) is 3.57. The van der Waals surface area contributed by atoms with E-state index in [1.165, 1.54) is 30.3 Å². The standard InChI is InChI=1S/C9H12N4O3S/c1-12(10)9(17)11-7-4-3-6(13(14)15)5-8(7)16-2/h3-5H,10H2,1-2H3,(H,11,17). The fraction of sp³-hybridized carbons (Fsp3) is 0.222. The lowest BCUT2D eigenvalue weighted by atomic mass is 10.2. The van der Waals surface area contributed by atoms with Crippen molar-refractivity contribution in [2.24, 2.45) is 5.84 Å². The summed E-state index contributed by atoms with van der Waals surface area (Å²) >= 11 is 4.95. The van der Waals surface area contributed by atoms with Gasteiger partial charge in [0.2, 0.25) is 0 Å². The van der Waals surface area contributed by atoms with Crippen LogP contribution >= 0.6 is 12.2 Å². The van der Waals surface area contributed by atoms with E-state index in [0.717, 1.165) is 0 Å². The van der Waals surface area contributed by atoms with Gasteiger partial charge in [0.05, 0.1) is 23.8 Å². The number of methoxy groups -OCH3 is 1. The number of nitrogens with one attached hydrogen (secondary N) is 1. The highest BCUT2D eigenvalue weighted by Gasteiger charge is 2.12. The molecule has 0 spiro atoms. The zero-order valence-electron chi connectivity index (χ0n) is 9.34. The van der Waals surface area contributed by atoms with Gasteiger partial charge in [0.1, 0.15) is 5.75 Å². The van der Waals surface area contributed by atoms with E-state index in [2.05, 4.69) is 5.32 Å². The van der Waals surface area contributed by atoms with Crippen molar-refractivity contribution in [3.63, 3.8) is 0 Å². The molecule has 0 bridgehead atoms. The molecule has 0 amide bonds. The van der Waals surface area contributed by atoms with Gasteiger partial charge in [0, 0.05) is 13.1 Å². The van der Waals surface area contributed by atoms with Crippen LogP contribution < -0.4 is 15.9 Å². The van der Waals surface area contributed by atoms with Crippen molar-refractivity contribution in [2.75, 3.05) is 19.5 Å². The number of non-ortho nitro benzene ring substituents is 1. The largest absolute Gasteiger partial charge is 0.494 e. The molecule has 0 fully saturated rings. The number of hydrogen-bond donors (Lipinski definition) is 2. The first-order valence-corrected chi connectivity index (χ1v) is 4.98. The molecule has 8 heteroatoms.